The molecule has 1 amide bonds. The standard InChI is InChI=1S/C20H13Cl2N3O2/c1-27-17-7-6-12(20(26)25-19-14(21)9-23-10-15(19)22)13-8-11-4-2-3-5-16(11)24-18(13)17/h2-10H,1H3,(H,23,25,26). The molecule has 0 aliphatic heterocycles. The number of amides is 1. The second kappa shape index (κ2) is 7.02. The fourth-order valence-electron chi connectivity index (χ4n) is 2.91. The first-order valence-corrected chi connectivity index (χ1v) is 8.81. The van der Waals surface area contributed by atoms with E-state index in [2.05, 4.69) is 15.3 Å². The van der Waals surface area contributed by atoms with Gasteiger partial charge >= 0.3 is 0 Å². The summed E-state index contributed by atoms with van der Waals surface area (Å²) in [5.41, 5.74) is 2.18. The first kappa shape index (κ1) is 17.5. The lowest BCUT2D eigenvalue weighted by atomic mass is 10.0. The topological polar surface area (TPSA) is 64.1 Å². The van der Waals surface area contributed by atoms with Crippen LogP contribution in [0.4, 0.5) is 5.69 Å². The molecule has 2 aromatic heterocycles. The molecule has 4 rings (SSSR count). The summed E-state index contributed by atoms with van der Waals surface area (Å²) in [6, 6.07) is 13.0. The molecule has 0 radical (unpaired) electrons. The smallest absolute Gasteiger partial charge is 0.256 e. The van der Waals surface area contributed by atoms with Crippen LogP contribution in [0.1, 0.15) is 10.4 Å². The van der Waals surface area contributed by atoms with Crippen LogP contribution in [0.5, 0.6) is 5.75 Å². The molecule has 0 bridgehead atoms. The predicted molar refractivity (Wildman–Crippen MR) is 108 cm³/mol. The largest absolute Gasteiger partial charge is 0.494 e. The number of halogens is 2. The van der Waals surface area contributed by atoms with Gasteiger partial charge < -0.3 is 10.1 Å². The maximum Gasteiger partial charge on any atom is 0.256 e. The van der Waals surface area contributed by atoms with Crippen LogP contribution in [0.25, 0.3) is 21.8 Å². The summed E-state index contributed by atoms with van der Waals surface area (Å²) in [6.07, 6.45) is 2.84. The highest BCUT2D eigenvalue weighted by Gasteiger charge is 2.17. The number of carbonyl (C=O) groups is 1. The van der Waals surface area contributed by atoms with Crippen LogP contribution in [0.3, 0.4) is 0 Å². The summed E-state index contributed by atoms with van der Waals surface area (Å²) < 4.78 is 5.42. The van der Waals surface area contributed by atoms with Crippen LogP contribution in [-0.2, 0) is 0 Å². The van der Waals surface area contributed by atoms with Gasteiger partial charge in [-0.3, -0.25) is 9.78 Å². The van der Waals surface area contributed by atoms with E-state index in [1.54, 1.807) is 19.2 Å². The molecule has 4 aromatic rings. The van der Waals surface area contributed by atoms with Gasteiger partial charge in [0, 0.05) is 28.7 Å². The molecule has 0 saturated heterocycles. The molecule has 2 heterocycles. The Morgan fingerprint density at radius 1 is 1.07 bits per heavy atom. The lowest BCUT2D eigenvalue weighted by molar-refractivity contribution is 0.102. The molecule has 5 nitrogen and oxygen atoms in total. The van der Waals surface area contributed by atoms with E-state index in [0.29, 0.717) is 27.9 Å². The molecule has 0 saturated carbocycles. The van der Waals surface area contributed by atoms with Crippen molar-refractivity contribution in [2.45, 2.75) is 0 Å². The molecule has 0 fully saturated rings. The molecule has 0 spiro atoms. The van der Waals surface area contributed by atoms with Crippen molar-refractivity contribution in [3.63, 3.8) is 0 Å². The van der Waals surface area contributed by atoms with Gasteiger partial charge in [-0.05, 0) is 24.3 Å². The SMILES string of the molecule is COc1ccc(C(=O)Nc2c(Cl)cncc2Cl)c2cc3ccccc3nc12. The van der Waals surface area contributed by atoms with Crippen molar-refractivity contribution in [2.75, 3.05) is 12.4 Å². The van der Waals surface area contributed by atoms with Crippen LogP contribution < -0.4 is 10.1 Å². The van der Waals surface area contributed by atoms with Gasteiger partial charge in [0.15, 0.2) is 0 Å². The molecule has 0 atom stereocenters. The quantitative estimate of drug-likeness (QED) is 0.473. The van der Waals surface area contributed by atoms with Crippen LogP contribution in [-0.4, -0.2) is 23.0 Å². The monoisotopic (exact) mass is 397 g/mol. The zero-order chi connectivity index (χ0) is 19.0. The van der Waals surface area contributed by atoms with Gasteiger partial charge in [0.25, 0.3) is 5.91 Å². The van der Waals surface area contributed by atoms with E-state index in [1.165, 1.54) is 12.4 Å². The van der Waals surface area contributed by atoms with Crippen LogP contribution in [0, 0.1) is 0 Å². The molecule has 1 N–H and O–H groups in total. The number of hydrogen-bond acceptors (Lipinski definition) is 4. The Morgan fingerprint density at radius 2 is 1.81 bits per heavy atom. The molecule has 134 valence electrons. The predicted octanol–water partition coefficient (Wildman–Crippen LogP) is 5.35. The number of nitrogens with one attached hydrogen (secondary N) is 1. The summed E-state index contributed by atoms with van der Waals surface area (Å²) in [7, 11) is 1.57. The van der Waals surface area contributed by atoms with Gasteiger partial charge in [-0.25, -0.2) is 4.98 Å². The van der Waals surface area contributed by atoms with Crippen molar-refractivity contribution in [1.82, 2.24) is 9.97 Å². The molecule has 0 aliphatic carbocycles. The van der Waals surface area contributed by atoms with E-state index in [0.717, 1.165) is 10.9 Å². The number of aromatic nitrogens is 2. The molecule has 0 aliphatic rings. The van der Waals surface area contributed by atoms with Gasteiger partial charge in [0.1, 0.15) is 11.3 Å². The number of rotatable bonds is 3. The summed E-state index contributed by atoms with van der Waals surface area (Å²) in [4.78, 5) is 21.5. The Kier molecular flexibility index (Phi) is 4.56. The van der Waals surface area contributed by atoms with Gasteiger partial charge in [0.2, 0.25) is 0 Å². The van der Waals surface area contributed by atoms with Gasteiger partial charge in [-0.2, -0.15) is 0 Å². The van der Waals surface area contributed by atoms with Crippen LogP contribution >= 0.6 is 23.2 Å². The minimum Gasteiger partial charge on any atom is -0.494 e. The summed E-state index contributed by atoms with van der Waals surface area (Å²) in [5, 5.41) is 4.88. The van der Waals surface area contributed by atoms with Gasteiger partial charge in [0.05, 0.1) is 28.4 Å². The first-order valence-electron chi connectivity index (χ1n) is 8.05. The molecular weight excluding hydrogens is 385 g/mol. The summed E-state index contributed by atoms with van der Waals surface area (Å²) >= 11 is 12.2. The van der Waals surface area contributed by atoms with Crippen molar-refractivity contribution in [3.05, 3.63) is 70.5 Å². The highest BCUT2D eigenvalue weighted by Crippen LogP contribution is 2.32. The van der Waals surface area contributed by atoms with Crippen molar-refractivity contribution in [2.24, 2.45) is 0 Å². The average Bonchev–Trinajstić information content (AvgIpc) is 2.68. The van der Waals surface area contributed by atoms with Crippen molar-refractivity contribution < 1.29 is 9.53 Å². The van der Waals surface area contributed by atoms with E-state index in [4.69, 9.17) is 27.9 Å². The number of benzene rings is 2. The highest BCUT2D eigenvalue weighted by atomic mass is 35.5. The van der Waals surface area contributed by atoms with Crippen LogP contribution in [0.15, 0.2) is 54.9 Å². The Bertz CT molecular complexity index is 1170. The second-order valence-electron chi connectivity index (χ2n) is 5.82. The lowest BCUT2D eigenvalue weighted by Crippen LogP contribution is -2.13. The number of carbonyl (C=O) groups excluding carboxylic acids is 1. The molecule has 7 heteroatoms. The Hall–Kier alpha value is -2.89. The Morgan fingerprint density at radius 3 is 2.56 bits per heavy atom. The first-order chi connectivity index (χ1) is 13.1. The minimum absolute atomic E-state index is 0.261. The number of methoxy groups -OCH3 is 1. The number of hydrogen-bond donors (Lipinski definition) is 1. The normalized spacial score (nSPS) is 10.9. The summed E-state index contributed by atoms with van der Waals surface area (Å²) in [6.45, 7) is 0. The van der Waals surface area contributed by atoms with Crippen molar-refractivity contribution in [3.8, 4) is 5.75 Å². The fraction of sp³-hybridized carbons (Fsp3) is 0.0500. The molecule has 0 unspecified atom stereocenters. The fourth-order valence-corrected chi connectivity index (χ4v) is 3.37. The zero-order valence-electron chi connectivity index (χ0n) is 14.2. The van der Waals surface area contributed by atoms with Crippen molar-refractivity contribution >= 4 is 56.6 Å². The Balaban J connectivity index is 1.88. The Labute approximate surface area is 164 Å². The van der Waals surface area contributed by atoms with E-state index in [-0.39, 0.29) is 16.0 Å². The number of ether oxygens (including phenoxy) is 1. The maximum absolute atomic E-state index is 13.0. The van der Waals surface area contributed by atoms with Crippen LogP contribution in [0.2, 0.25) is 10.0 Å². The van der Waals surface area contributed by atoms with E-state index < -0.39 is 0 Å². The number of pyridine rings is 2. The minimum atomic E-state index is -0.352. The number of anilines is 1. The third-order valence-electron chi connectivity index (χ3n) is 4.21. The van der Waals surface area contributed by atoms with Crippen molar-refractivity contribution in [1.29, 1.82) is 0 Å². The van der Waals surface area contributed by atoms with E-state index >= 15 is 0 Å². The van der Waals surface area contributed by atoms with Gasteiger partial charge in [-0.15, -0.1) is 0 Å². The van der Waals surface area contributed by atoms with E-state index in [1.807, 2.05) is 30.3 Å². The third kappa shape index (κ3) is 3.16. The summed E-state index contributed by atoms with van der Waals surface area (Å²) in [5.74, 6) is 0.238. The average molecular weight is 398 g/mol. The maximum atomic E-state index is 13.0. The molecular formula is C20H13Cl2N3O2. The second-order valence-corrected chi connectivity index (χ2v) is 6.64. The third-order valence-corrected chi connectivity index (χ3v) is 4.78. The number of para-hydroxylation sites is 1. The number of nitrogens with zero attached hydrogens (tertiary/aromatic N) is 2. The molecule has 2 aromatic carbocycles. The zero-order valence-corrected chi connectivity index (χ0v) is 15.7. The molecule has 27 heavy (non-hydrogen) atoms. The van der Waals surface area contributed by atoms with E-state index in [9.17, 15) is 4.79 Å². The highest BCUT2D eigenvalue weighted by molar-refractivity contribution is 6.39. The number of fused-ring (bicyclic) bond motifs is 2. The van der Waals surface area contributed by atoms with Gasteiger partial charge in [-0.1, -0.05) is 41.4 Å². The lowest BCUT2D eigenvalue weighted by Gasteiger charge is -2.13.